The van der Waals surface area contributed by atoms with Crippen molar-refractivity contribution in [1.29, 1.82) is 5.26 Å². The summed E-state index contributed by atoms with van der Waals surface area (Å²) in [5.41, 5.74) is 1.60. The fourth-order valence-corrected chi connectivity index (χ4v) is 1.77. The van der Waals surface area contributed by atoms with Gasteiger partial charge in [-0.2, -0.15) is 5.26 Å². The van der Waals surface area contributed by atoms with Gasteiger partial charge in [0, 0.05) is 11.4 Å². The van der Waals surface area contributed by atoms with Gasteiger partial charge in [0.1, 0.15) is 5.75 Å². The molecule has 0 bridgehead atoms. The number of anilines is 2. The number of carbonyl (C=O) groups is 2. The van der Waals surface area contributed by atoms with Crippen LogP contribution in [0.5, 0.6) is 5.75 Å². The van der Waals surface area contributed by atoms with E-state index >= 15 is 0 Å². The van der Waals surface area contributed by atoms with Gasteiger partial charge in [0.2, 0.25) is 0 Å². The molecule has 0 aliphatic heterocycles. The summed E-state index contributed by atoms with van der Waals surface area (Å²) in [7, 11) is 0. The molecule has 0 atom stereocenters. The number of carbonyl (C=O) groups excluding carboxylic acids is 2. The first-order valence-electron chi connectivity index (χ1n) is 7.13. The molecule has 2 amide bonds. The van der Waals surface area contributed by atoms with Gasteiger partial charge in [-0.1, -0.05) is 0 Å². The standard InChI is InChI=1S/C17H15N3O4/c1-2-23-17(22)24-15-9-7-14(8-10-15)20-16(21)19-13-5-3-12(11-18)4-6-13/h3-10H,2H2,1H3,(H2,19,20,21). The molecule has 7 nitrogen and oxygen atoms in total. The van der Waals surface area contributed by atoms with Crippen LogP contribution in [-0.2, 0) is 4.74 Å². The van der Waals surface area contributed by atoms with Crippen molar-refractivity contribution in [2.45, 2.75) is 6.92 Å². The van der Waals surface area contributed by atoms with Crippen LogP contribution < -0.4 is 15.4 Å². The molecule has 0 spiro atoms. The lowest BCUT2D eigenvalue weighted by Gasteiger charge is -2.08. The van der Waals surface area contributed by atoms with Gasteiger partial charge in [-0.15, -0.1) is 0 Å². The maximum absolute atomic E-state index is 11.9. The molecule has 2 aromatic rings. The zero-order valence-electron chi connectivity index (χ0n) is 12.9. The molecule has 0 radical (unpaired) electrons. The van der Waals surface area contributed by atoms with E-state index in [0.717, 1.165) is 0 Å². The van der Waals surface area contributed by atoms with Gasteiger partial charge in [0.25, 0.3) is 0 Å². The Hall–Kier alpha value is -3.53. The minimum absolute atomic E-state index is 0.230. The van der Waals surface area contributed by atoms with E-state index in [1.54, 1.807) is 43.3 Å². The normalized spacial score (nSPS) is 9.50. The van der Waals surface area contributed by atoms with Crippen LogP contribution in [0, 0.1) is 11.3 Å². The van der Waals surface area contributed by atoms with E-state index in [4.69, 9.17) is 10.00 Å². The van der Waals surface area contributed by atoms with Crippen LogP contribution in [0.4, 0.5) is 21.0 Å². The van der Waals surface area contributed by atoms with Gasteiger partial charge in [0.15, 0.2) is 0 Å². The van der Waals surface area contributed by atoms with Gasteiger partial charge in [-0.05, 0) is 55.5 Å². The minimum Gasteiger partial charge on any atom is -0.434 e. The molecule has 24 heavy (non-hydrogen) atoms. The number of hydrogen-bond acceptors (Lipinski definition) is 5. The van der Waals surface area contributed by atoms with E-state index in [1.807, 2.05) is 6.07 Å². The molecular formula is C17H15N3O4. The molecule has 7 heteroatoms. The third-order valence-corrected chi connectivity index (χ3v) is 2.85. The summed E-state index contributed by atoms with van der Waals surface area (Å²) in [5.74, 6) is 0.312. The SMILES string of the molecule is CCOC(=O)Oc1ccc(NC(=O)Nc2ccc(C#N)cc2)cc1. The van der Waals surface area contributed by atoms with Crippen LogP contribution in [0.25, 0.3) is 0 Å². The number of benzene rings is 2. The van der Waals surface area contributed by atoms with Gasteiger partial charge in [-0.25, -0.2) is 9.59 Å². The average Bonchev–Trinajstić information content (AvgIpc) is 2.57. The van der Waals surface area contributed by atoms with Crippen molar-refractivity contribution in [2.75, 3.05) is 17.2 Å². The van der Waals surface area contributed by atoms with Crippen LogP contribution in [0.15, 0.2) is 48.5 Å². The maximum atomic E-state index is 11.9. The Kier molecular flexibility index (Phi) is 5.75. The average molecular weight is 325 g/mol. The Balaban J connectivity index is 1.89. The first-order chi connectivity index (χ1) is 11.6. The maximum Gasteiger partial charge on any atom is 0.513 e. The summed E-state index contributed by atoms with van der Waals surface area (Å²) >= 11 is 0. The van der Waals surface area contributed by atoms with Crippen molar-refractivity contribution in [3.63, 3.8) is 0 Å². The Morgan fingerprint density at radius 1 is 1.00 bits per heavy atom. The van der Waals surface area contributed by atoms with Crippen LogP contribution in [0.1, 0.15) is 12.5 Å². The molecule has 0 unspecified atom stereocenters. The molecule has 0 fully saturated rings. The lowest BCUT2D eigenvalue weighted by molar-refractivity contribution is 0.104. The Labute approximate surface area is 138 Å². The van der Waals surface area contributed by atoms with E-state index in [0.29, 0.717) is 22.7 Å². The molecule has 2 rings (SSSR count). The lowest BCUT2D eigenvalue weighted by atomic mass is 10.2. The number of amides is 2. The highest BCUT2D eigenvalue weighted by Crippen LogP contribution is 2.17. The number of nitrogens with one attached hydrogen (secondary N) is 2. The highest BCUT2D eigenvalue weighted by Gasteiger charge is 2.06. The van der Waals surface area contributed by atoms with Crippen molar-refractivity contribution >= 4 is 23.6 Å². The van der Waals surface area contributed by atoms with E-state index in [2.05, 4.69) is 15.4 Å². The second-order valence-electron chi connectivity index (χ2n) is 4.58. The number of urea groups is 1. The fraction of sp³-hybridized carbons (Fsp3) is 0.118. The molecule has 0 aliphatic carbocycles. The second-order valence-corrected chi connectivity index (χ2v) is 4.58. The van der Waals surface area contributed by atoms with Crippen LogP contribution >= 0.6 is 0 Å². The number of nitriles is 1. The second kappa shape index (κ2) is 8.19. The predicted octanol–water partition coefficient (Wildman–Crippen LogP) is 3.74. The topological polar surface area (TPSA) is 100 Å². The van der Waals surface area contributed by atoms with Crippen LogP contribution in [-0.4, -0.2) is 18.8 Å². The molecule has 0 aliphatic rings. The smallest absolute Gasteiger partial charge is 0.434 e. The Morgan fingerprint density at radius 2 is 1.54 bits per heavy atom. The monoisotopic (exact) mass is 325 g/mol. The number of nitrogens with zero attached hydrogens (tertiary/aromatic N) is 1. The van der Waals surface area contributed by atoms with Gasteiger partial charge >= 0.3 is 12.2 Å². The zero-order chi connectivity index (χ0) is 17.4. The summed E-state index contributed by atoms with van der Waals surface area (Å²) in [6.07, 6.45) is -0.781. The molecular weight excluding hydrogens is 310 g/mol. The minimum atomic E-state index is -0.781. The fourth-order valence-electron chi connectivity index (χ4n) is 1.77. The number of rotatable bonds is 4. The van der Waals surface area contributed by atoms with Gasteiger partial charge < -0.3 is 20.1 Å². The van der Waals surface area contributed by atoms with E-state index in [1.165, 1.54) is 12.1 Å². The quantitative estimate of drug-likeness (QED) is 0.659. The summed E-state index contributed by atoms with van der Waals surface area (Å²) in [6.45, 7) is 1.91. The van der Waals surface area contributed by atoms with Crippen LogP contribution in [0.2, 0.25) is 0 Å². The van der Waals surface area contributed by atoms with Gasteiger partial charge in [0.05, 0.1) is 18.2 Å². The first kappa shape index (κ1) is 16.8. The summed E-state index contributed by atoms with van der Waals surface area (Å²) in [4.78, 5) is 23.1. The highest BCUT2D eigenvalue weighted by atomic mass is 16.7. The van der Waals surface area contributed by atoms with Gasteiger partial charge in [-0.3, -0.25) is 0 Å². The number of hydrogen-bond donors (Lipinski definition) is 2. The summed E-state index contributed by atoms with van der Waals surface area (Å²) in [6, 6.07) is 14.3. The Morgan fingerprint density at radius 3 is 2.04 bits per heavy atom. The highest BCUT2D eigenvalue weighted by molar-refractivity contribution is 5.99. The molecule has 0 saturated carbocycles. The predicted molar refractivity (Wildman–Crippen MR) is 87.9 cm³/mol. The largest absolute Gasteiger partial charge is 0.513 e. The molecule has 0 saturated heterocycles. The van der Waals surface area contributed by atoms with Crippen molar-refractivity contribution in [3.05, 3.63) is 54.1 Å². The summed E-state index contributed by atoms with van der Waals surface area (Å²) < 4.78 is 9.58. The molecule has 0 aromatic heterocycles. The van der Waals surface area contributed by atoms with Crippen LogP contribution in [0.3, 0.4) is 0 Å². The van der Waals surface area contributed by atoms with Crippen molar-refractivity contribution in [2.24, 2.45) is 0 Å². The first-order valence-corrected chi connectivity index (χ1v) is 7.13. The lowest BCUT2D eigenvalue weighted by Crippen LogP contribution is -2.19. The van der Waals surface area contributed by atoms with E-state index in [9.17, 15) is 9.59 Å². The third-order valence-electron chi connectivity index (χ3n) is 2.85. The number of ether oxygens (including phenoxy) is 2. The van der Waals surface area contributed by atoms with Crippen molar-refractivity contribution in [1.82, 2.24) is 0 Å². The van der Waals surface area contributed by atoms with Crippen molar-refractivity contribution in [3.8, 4) is 11.8 Å². The van der Waals surface area contributed by atoms with E-state index < -0.39 is 12.2 Å². The molecule has 122 valence electrons. The molecule has 2 aromatic carbocycles. The Bertz CT molecular complexity index is 749. The third kappa shape index (κ3) is 5.03. The molecule has 2 N–H and O–H groups in total. The summed E-state index contributed by atoms with van der Waals surface area (Å²) in [5, 5.41) is 14.0. The van der Waals surface area contributed by atoms with E-state index in [-0.39, 0.29) is 6.61 Å². The van der Waals surface area contributed by atoms with Crippen molar-refractivity contribution < 1.29 is 19.1 Å². The molecule has 0 heterocycles. The zero-order valence-corrected chi connectivity index (χ0v) is 12.9.